The lowest BCUT2D eigenvalue weighted by Gasteiger charge is -2.18. The summed E-state index contributed by atoms with van der Waals surface area (Å²) in [6.07, 6.45) is 1.79. The van der Waals surface area contributed by atoms with Crippen LogP contribution in [0.4, 0.5) is 0 Å². The SMILES string of the molecule is COc1cccc(CN(C)CC[C@H]2CCS(=O)(=O)C2)c1. The van der Waals surface area contributed by atoms with Gasteiger partial charge in [0, 0.05) is 6.54 Å². The first kappa shape index (κ1) is 15.3. The highest BCUT2D eigenvalue weighted by atomic mass is 32.2. The van der Waals surface area contributed by atoms with Gasteiger partial charge in [0.25, 0.3) is 0 Å². The van der Waals surface area contributed by atoms with Crippen LogP contribution >= 0.6 is 0 Å². The van der Waals surface area contributed by atoms with Gasteiger partial charge < -0.3 is 9.64 Å². The normalized spacial score (nSPS) is 21.2. The number of hydrogen-bond donors (Lipinski definition) is 0. The second-order valence-corrected chi connectivity index (χ2v) is 7.88. The van der Waals surface area contributed by atoms with Crippen molar-refractivity contribution in [3.05, 3.63) is 29.8 Å². The lowest BCUT2D eigenvalue weighted by molar-refractivity contribution is 0.299. The van der Waals surface area contributed by atoms with Crippen molar-refractivity contribution in [1.82, 2.24) is 4.90 Å². The smallest absolute Gasteiger partial charge is 0.150 e. The Bertz CT molecular complexity index is 542. The fraction of sp³-hybridized carbons (Fsp3) is 0.600. The summed E-state index contributed by atoms with van der Waals surface area (Å²) in [6, 6.07) is 8.05. The molecule has 1 heterocycles. The standard InChI is InChI=1S/C15H23NO3S/c1-16(8-6-13-7-9-20(17,18)12-13)11-14-4-3-5-15(10-14)19-2/h3-5,10,13H,6-9,11-12H2,1-2H3/t13-/m0/s1. The van der Waals surface area contributed by atoms with Crippen LogP contribution < -0.4 is 4.74 Å². The van der Waals surface area contributed by atoms with Crippen molar-refractivity contribution in [3.63, 3.8) is 0 Å². The van der Waals surface area contributed by atoms with Crippen LogP contribution in [0.15, 0.2) is 24.3 Å². The molecule has 0 aliphatic carbocycles. The topological polar surface area (TPSA) is 46.6 Å². The van der Waals surface area contributed by atoms with Crippen molar-refractivity contribution in [2.75, 3.05) is 32.2 Å². The molecule has 20 heavy (non-hydrogen) atoms. The minimum Gasteiger partial charge on any atom is -0.497 e. The van der Waals surface area contributed by atoms with Gasteiger partial charge in [-0.05, 0) is 50.0 Å². The maximum Gasteiger partial charge on any atom is 0.150 e. The number of ether oxygens (including phenoxy) is 1. The van der Waals surface area contributed by atoms with Gasteiger partial charge in [-0.3, -0.25) is 0 Å². The molecule has 0 saturated carbocycles. The van der Waals surface area contributed by atoms with E-state index in [9.17, 15) is 8.42 Å². The third-order valence-electron chi connectivity index (χ3n) is 3.83. The number of nitrogens with zero attached hydrogens (tertiary/aromatic N) is 1. The minimum absolute atomic E-state index is 0.341. The molecule has 1 aromatic carbocycles. The van der Waals surface area contributed by atoms with E-state index in [1.54, 1.807) is 7.11 Å². The van der Waals surface area contributed by atoms with Gasteiger partial charge in [0.05, 0.1) is 18.6 Å². The third kappa shape index (κ3) is 4.49. The number of benzene rings is 1. The van der Waals surface area contributed by atoms with Crippen LogP contribution in [0.25, 0.3) is 0 Å². The lowest BCUT2D eigenvalue weighted by atomic mass is 10.1. The molecule has 1 atom stereocenters. The van der Waals surface area contributed by atoms with Crippen LogP contribution in [0, 0.1) is 5.92 Å². The number of methoxy groups -OCH3 is 1. The average molecular weight is 297 g/mol. The highest BCUT2D eigenvalue weighted by molar-refractivity contribution is 7.91. The summed E-state index contributed by atoms with van der Waals surface area (Å²) in [7, 11) is 0.996. The molecule has 1 saturated heterocycles. The summed E-state index contributed by atoms with van der Waals surface area (Å²) in [5, 5.41) is 0. The van der Waals surface area contributed by atoms with Crippen molar-refractivity contribution in [2.45, 2.75) is 19.4 Å². The van der Waals surface area contributed by atoms with Crippen LogP contribution in [0.5, 0.6) is 5.75 Å². The summed E-state index contributed by atoms with van der Waals surface area (Å²) in [5.74, 6) is 1.96. The minimum atomic E-state index is -2.75. The van der Waals surface area contributed by atoms with Gasteiger partial charge in [0.1, 0.15) is 5.75 Å². The molecule has 4 nitrogen and oxygen atoms in total. The fourth-order valence-corrected chi connectivity index (χ4v) is 4.57. The molecule has 1 fully saturated rings. The van der Waals surface area contributed by atoms with E-state index in [0.717, 1.165) is 31.7 Å². The molecule has 0 aromatic heterocycles. The van der Waals surface area contributed by atoms with Gasteiger partial charge in [0.15, 0.2) is 9.84 Å². The zero-order chi connectivity index (χ0) is 14.6. The second kappa shape index (κ2) is 6.59. The number of hydrogen-bond acceptors (Lipinski definition) is 4. The molecule has 1 aromatic rings. The Kier molecular flexibility index (Phi) is 5.05. The highest BCUT2D eigenvalue weighted by Crippen LogP contribution is 2.22. The van der Waals surface area contributed by atoms with E-state index < -0.39 is 9.84 Å². The van der Waals surface area contributed by atoms with Crippen LogP contribution in [0.2, 0.25) is 0 Å². The Balaban J connectivity index is 1.79. The Morgan fingerprint density at radius 3 is 2.85 bits per heavy atom. The summed E-state index contributed by atoms with van der Waals surface area (Å²) in [5.41, 5.74) is 1.21. The largest absolute Gasteiger partial charge is 0.497 e. The Hall–Kier alpha value is -1.07. The predicted molar refractivity (Wildman–Crippen MR) is 80.7 cm³/mol. The maximum atomic E-state index is 11.4. The first-order valence-corrected chi connectivity index (χ1v) is 8.82. The quantitative estimate of drug-likeness (QED) is 0.805. The van der Waals surface area contributed by atoms with Crippen molar-refractivity contribution in [2.24, 2.45) is 5.92 Å². The first-order valence-electron chi connectivity index (χ1n) is 7.00. The molecule has 0 spiro atoms. The average Bonchev–Trinajstić information content (AvgIpc) is 2.76. The van der Waals surface area contributed by atoms with E-state index in [0.29, 0.717) is 17.4 Å². The van der Waals surface area contributed by atoms with Gasteiger partial charge >= 0.3 is 0 Å². The van der Waals surface area contributed by atoms with E-state index in [4.69, 9.17) is 4.74 Å². The molecule has 5 heteroatoms. The van der Waals surface area contributed by atoms with Crippen molar-refractivity contribution in [1.29, 1.82) is 0 Å². The van der Waals surface area contributed by atoms with Crippen molar-refractivity contribution in [3.8, 4) is 5.75 Å². The van der Waals surface area contributed by atoms with E-state index in [1.807, 2.05) is 18.2 Å². The maximum absolute atomic E-state index is 11.4. The van der Waals surface area contributed by atoms with E-state index in [2.05, 4.69) is 18.0 Å². The van der Waals surface area contributed by atoms with Crippen LogP contribution in [0.1, 0.15) is 18.4 Å². The number of sulfone groups is 1. The molecule has 0 bridgehead atoms. The molecule has 1 aliphatic heterocycles. The third-order valence-corrected chi connectivity index (χ3v) is 5.67. The van der Waals surface area contributed by atoms with Crippen molar-refractivity contribution >= 4 is 9.84 Å². The van der Waals surface area contributed by atoms with E-state index >= 15 is 0 Å². The highest BCUT2D eigenvalue weighted by Gasteiger charge is 2.27. The lowest BCUT2D eigenvalue weighted by Crippen LogP contribution is -2.21. The van der Waals surface area contributed by atoms with Gasteiger partial charge in [-0.1, -0.05) is 12.1 Å². The summed E-state index contributed by atoms with van der Waals surface area (Å²) in [4.78, 5) is 2.24. The fourth-order valence-electron chi connectivity index (χ4n) is 2.66. The Morgan fingerprint density at radius 2 is 2.20 bits per heavy atom. The van der Waals surface area contributed by atoms with E-state index in [1.165, 1.54) is 5.56 Å². The molecule has 0 amide bonds. The van der Waals surface area contributed by atoms with Gasteiger partial charge in [0.2, 0.25) is 0 Å². The van der Waals surface area contributed by atoms with Crippen LogP contribution in [-0.4, -0.2) is 45.5 Å². The second-order valence-electron chi connectivity index (χ2n) is 5.65. The molecule has 0 radical (unpaired) electrons. The first-order chi connectivity index (χ1) is 9.48. The summed E-state index contributed by atoms with van der Waals surface area (Å²) in [6.45, 7) is 1.79. The Labute approximate surface area is 121 Å². The summed E-state index contributed by atoms with van der Waals surface area (Å²) >= 11 is 0. The van der Waals surface area contributed by atoms with Crippen LogP contribution in [0.3, 0.4) is 0 Å². The van der Waals surface area contributed by atoms with Gasteiger partial charge in [-0.25, -0.2) is 8.42 Å². The molecule has 2 rings (SSSR count). The molecular weight excluding hydrogens is 274 g/mol. The molecule has 0 N–H and O–H groups in total. The molecular formula is C15H23NO3S. The zero-order valence-electron chi connectivity index (χ0n) is 12.2. The molecule has 1 aliphatic rings. The van der Waals surface area contributed by atoms with Gasteiger partial charge in [-0.15, -0.1) is 0 Å². The monoisotopic (exact) mass is 297 g/mol. The van der Waals surface area contributed by atoms with Crippen LogP contribution in [-0.2, 0) is 16.4 Å². The zero-order valence-corrected chi connectivity index (χ0v) is 13.0. The summed E-state index contributed by atoms with van der Waals surface area (Å²) < 4.78 is 28.1. The Morgan fingerprint density at radius 1 is 1.40 bits per heavy atom. The molecule has 112 valence electrons. The number of rotatable bonds is 6. The predicted octanol–water partition coefficient (Wildman–Crippen LogP) is 1.95. The van der Waals surface area contributed by atoms with Crippen molar-refractivity contribution < 1.29 is 13.2 Å². The van der Waals surface area contributed by atoms with Gasteiger partial charge in [-0.2, -0.15) is 0 Å². The molecule has 0 unspecified atom stereocenters. The van der Waals surface area contributed by atoms with E-state index in [-0.39, 0.29) is 0 Å².